The lowest BCUT2D eigenvalue weighted by Crippen LogP contribution is -2.54. The van der Waals surface area contributed by atoms with Crippen LogP contribution in [0.25, 0.3) is 0 Å². The lowest BCUT2D eigenvalue weighted by Gasteiger charge is -2.36. The Labute approximate surface area is 258 Å². The van der Waals surface area contributed by atoms with Gasteiger partial charge in [0, 0.05) is 18.2 Å². The van der Waals surface area contributed by atoms with Gasteiger partial charge in [0.15, 0.2) is 0 Å². The highest BCUT2D eigenvalue weighted by Gasteiger charge is 2.36. The molecule has 0 radical (unpaired) electrons. The van der Waals surface area contributed by atoms with Gasteiger partial charge in [-0.2, -0.15) is 11.8 Å². The molecule has 0 spiro atoms. The van der Waals surface area contributed by atoms with Gasteiger partial charge in [-0.05, 0) is 76.2 Å². The quantitative estimate of drug-likeness (QED) is 0.158. The Morgan fingerprint density at radius 3 is 2.29 bits per heavy atom. The number of carbonyl (C=O) groups excluding carboxylic acids is 3. The summed E-state index contributed by atoms with van der Waals surface area (Å²) >= 11 is 1.61. The number of thioether (sulfide) groups is 1. The topological polar surface area (TPSA) is 87.7 Å². The Bertz CT molecular complexity index is 1010. The van der Waals surface area contributed by atoms with Crippen LogP contribution in [0.15, 0.2) is 24.3 Å². The average Bonchev–Trinajstić information content (AvgIpc) is 2.95. The molecule has 2 unspecified atom stereocenters. The normalized spacial score (nSPS) is 15.2. The number of alkyl carbamates (subject to hydrolysis) is 1. The van der Waals surface area contributed by atoms with Crippen LogP contribution in [0.1, 0.15) is 122 Å². The van der Waals surface area contributed by atoms with Gasteiger partial charge < -0.3 is 20.3 Å². The molecule has 0 saturated heterocycles. The van der Waals surface area contributed by atoms with Crippen LogP contribution in [-0.4, -0.2) is 59.0 Å². The Morgan fingerprint density at radius 1 is 1.05 bits per heavy atom. The predicted molar refractivity (Wildman–Crippen MR) is 173 cm³/mol. The molecule has 1 aliphatic rings. The molecule has 234 valence electrons. The number of nitrogens with zero attached hydrogens (tertiary/aromatic N) is 1. The van der Waals surface area contributed by atoms with Gasteiger partial charge in [-0.1, -0.05) is 76.3 Å². The molecule has 0 aromatic heterocycles. The largest absolute Gasteiger partial charge is 0.444 e. The van der Waals surface area contributed by atoms with Crippen molar-refractivity contribution in [1.29, 1.82) is 0 Å². The molecule has 2 rings (SSSR count). The molecule has 42 heavy (non-hydrogen) atoms. The minimum Gasteiger partial charge on any atom is -0.444 e. The van der Waals surface area contributed by atoms with Crippen LogP contribution in [0.2, 0.25) is 0 Å². The van der Waals surface area contributed by atoms with Crippen LogP contribution in [0.5, 0.6) is 0 Å². The van der Waals surface area contributed by atoms with Crippen molar-refractivity contribution in [1.82, 2.24) is 15.5 Å². The molecule has 2 N–H and O–H groups in total. The van der Waals surface area contributed by atoms with Crippen molar-refractivity contribution < 1.29 is 19.1 Å². The van der Waals surface area contributed by atoms with E-state index in [-0.39, 0.29) is 17.9 Å². The fourth-order valence-electron chi connectivity index (χ4n) is 5.33. The maximum absolute atomic E-state index is 14.4. The van der Waals surface area contributed by atoms with Gasteiger partial charge in [0.2, 0.25) is 11.8 Å². The van der Waals surface area contributed by atoms with Gasteiger partial charge in [0.05, 0.1) is 0 Å². The molecule has 7 nitrogen and oxygen atoms in total. The molecule has 1 aromatic carbocycles. The third-order valence-electron chi connectivity index (χ3n) is 7.54. The summed E-state index contributed by atoms with van der Waals surface area (Å²) in [5, 5.41) is 6.09. The maximum Gasteiger partial charge on any atom is 0.408 e. The minimum atomic E-state index is -0.834. The van der Waals surface area contributed by atoms with Crippen molar-refractivity contribution >= 4 is 29.7 Å². The van der Waals surface area contributed by atoms with Gasteiger partial charge in [0.1, 0.15) is 17.7 Å². The van der Waals surface area contributed by atoms with Gasteiger partial charge in [-0.3, -0.25) is 9.59 Å². The lowest BCUT2D eigenvalue weighted by atomic mass is 9.94. The lowest BCUT2D eigenvalue weighted by molar-refractivity contribution is -0.143. The van der Waals surface area contributed by atoms with Crippen molar-refractivity contribution in [3.63, 3.8) is 0 Å². The standard InChI is InChI=1S/C34H53N3O4S/c1-7-9-10-11-12-16-24-37(32(39)29(23-25-42-6)36-33(40)41-34(3,4)5)30(27-21-19-26(8-2)20-22-27)31(38)35-28-17-14-13-15-18-28/h2,19-22,28-30H,7,9-18,23-25H2,1,3-6H3,(H,35,38)(H,36,40). The van der Waals surface area contributed by atoms with Crippen molar-refractivity contribution in [3.8, 4) is 12.3 Å². The summed E-state index contributed by atoms with van der Waals surface area (Å²) in [6.07, 6.45) is 18.9. The van der Waals surface area contributed by atoms with Crippen LogP contribution in [0.4, 0.5) is 4.79 Å². The fourth-order valence-corrected chi connectivity index (χ4v) is 5.81. The van der Waals surface area contributed by atoms with Crippen molar-refractivity contribution in [2.75, 3.05) is 18.6 Å². The highest BCUT2D eigenvalue weighted by atomic mass is 32.2. The summed E-state index contributed by atoms with van der Waals surface area (Å²) in [4.78, 5) is 43.0. The number of carbonyl (C=O) groups is 3. The highest BCUT2D eigenvalue weighted by Crippen LogP contribution is 2.27. The number of hydrogen-bond donors (Lipinski definition) is 2. The van der Waals surface area contributed by atoms with Crippen molar-refractivity contribution in [2.45, 2.75) is 128 Å². The van der Waals surface area contributed by atoms with E-state index < -0.39 is 23.8 Å². The highest BCUT2D eigenvalue weighted by molar-refractivity contribution is 7.98. The molecule has 2 atom stereocenters. The predicted octanol–water partition coefficient (Wildman–Crippen LogP) is 6.99. The van der Waals surface area contributed by atoms with E-state index >= 15 is 0 Å². The molecule has 0 aliphatic heterocycles. The minimum absolute atomic E-state index is 0.0944. The zero-order valence-electron chi connectivity index (χ0n) is 26.5. The summed E-state index contributed by atoms with van der Waals surface area (Å²) < 4.78 is 5.51. The number of rotatable bonds is 16. The first-order valence-electron chi connectivity index (χ1n) is 15.8. The number of benzene rings is 1. The molecule has 8 heteroatoms. The van der Waals surface area contributed by atoms with Gasteiger partial charge >= 0.3 is 6.09 Å². The third-order valence-corrected chi connectivity index (χ3v) is 8.18. The van der Waals surface area contributed by atoms with Crippen molar-refractivity contribution in [2.24, 2.45) is 0 Å². The SMILES string of the molecule is C#Cc1ccc(C(C(=O)NC2CCCCC2)N(CCCCCCCC)C(=O)C(CCSC)NC(=O)OC(C)(C)C)cc1. The molecule has 1 aromatic rings. The molecule has 0 bridgehead atoms. The van der Waals surface area contributed by atoms with Gasteiger partial charge in [-0.25, -0.2) is 4.79 Å². The number of amides is 3. The first-order chi connectivity index (χ1) is 20.1. The van der Waals surface area contributed by atoms with E-state index in [0.717, 1.165) is 57.8 Å². The number of ether oxygens (including phenoxy) is 1. The number of hydrogen-bond acceptors (Lipinski definition) is 5. The van der Waals surface area contributed by atoms with E-state index in [9.17, 15) is 14.4 Å². The van der Waals surface area contributed by atoms with Gasteiger partial charge in [-0.15, -0.1) is 6.42 Å². The summed E-state index contributed by atoms with van der Waals surface area (Å²) in [6.45, 7) is 7.98. The Morgan fingerprint density at radius 2 is 1.69 bits per heavy atom. The second kappa shape index (κ2) is 18.8. The monoisotopic (exact) mass is 599 g/mol. The molecule has 1 saturated carbocycles. The van der Waals surface area contributed by atoms with Crippen LogP contribution < -0.4 is 10.6 Å². The number of nitrogens with one attached hydrogen (secondary N) is 2. The molecule has 0 heterocycles. The third kappa shape index (κ3) is 12.7. The van der Waals surface area contributed by atoms with Crippen LogP contribution in [0, 0.1) is 12.3 Å². The second-order valence-corrected chi connectivity index (χ2v) is 13.3. The van der Waals surface area contributed by atoms with Gasteiger partial charge in [0.25, 0.3) is 0 Å². The fraction of sp³-hybridized carbons (Fsp3) is 0.676. The van der Waals surface area contributed by atoms with E-state index in [0.29, 0.717) is 29.8 Å². The van der Waals surface area contributed by atoms with E-state index in [1.807, 2.05) is 30.5 Å². The van der Waals surface area contributed by atoms with Crippen LogP contribution in [0.3, 0.4) is 0 Å². The Kier molecular flexibility index (Phi) is 15.9. The van der Waals surface area contributed by atoms with Crippen LogP contribution in [-0.2, 0) is 14.3 Å². The first-order valence-corrected chi connectivity index (χ1v) is 17.1. The maximum atomic E-state index is 14.4. The molecular formula is C34H53N3O4S. The molecule has 3 amide bonds. The summed E-state index contributed by atoms with van der Waals surface area (Å²) in [5.74, 6) is 2.85. The summed E-state index contributed by atoms with van der Waals surface area (Å²) in [7, 11) is 0. The Hall–Kier alpha value is -2.66. The first kappa shape index (κ1) is 35.5. The molecule has 1 fully saturated rings. The van der Waals surface area contributed by atoms with E-state index in [2.05, 4.69) is 23.5 Å². The Balaban J connectivity index is 2.44. The average molecular weight is 600 g/mol. The number of terminal acetylenes is 1. The second-order valence-electron chi connectivity index (χ2n) is 12.3. The zero-order valence-corrected chi connectivity index (χ0v) is 27.3. The summed E-state index contributed by atoms with van der Waals surface area (Å²) in [6, 6.07) is 5.76. The smallest absolute Gasteiger partial charge is 0.408 e. The summed E-state index contributed by atoms with van der Waals surface area (Å²) in [5.41, 5.74) is 0.724. The zero-order chi connectivity index (χ0) is 31.0. The van der Waals surface area contributed by atoms with E-state index in [1.54, 1.807) is 37.4 Å². The molecule has 1 aliphatic carbocycles. The van der Waals surface area contributed by atoms with Crippen molar-refractivity contribution in [3.05, 3.63) is 35.4 Å². The molecular weight excluding hydrogens is 546 g/mol. The van der Waals surface area contributed by atoms with E-state index in [4.69, 9.17) is 11.2 Å². The van der Waals surface area contributed by atoms with E-state index in [1.165, 1.54) is 12.8 Å². The number of unbranched alkanes of at least 4 members (excludes halogenated alkanes) is 5. The van der Waals surface area contributed by atoms with Crippen LogP contribution >= 0.6 is 11.8 Å².